The van der Waals surface area contributed by atoms with Gasteiger partial charge in [-0.3, -0.25) is 5.10 Å². The average Bonchev–Trinajstić information content (AvgIpc) is 2.77. The molecule has 2 aromatic rings. The van der Waals surface area contributed by atoms with Crippen molar-refractivity contribution < 1.29 is 10.2 Å². The van der Waals surface area contributed by atoms with E-state index in [1.54, 1.807) is 18.3 Å². The summed E-state index contributed by atoms with van der Waals surface area (Å²) in [5.74, 6) is 0.130. The maximum absolute atomic E-state index is 9.39. The van der Waals surface area contributed by atoms with Crippen molar-refractivity contribution in [1.29, 1.82) is 0 Å². The molecule has 0 amide bonds. The number of phenols is 2. The van der Waals surface area contributed by atoms with E-state index in [0.717, 1.165) is 11.3 Å². The first-order valence-electron chi connectivity index (χ1n) is 5.39. The zero-order valence-corrected chi connectivity index (χ0v) is 9.51. The van der Waals surface area contributed by atoms with Crippen LogP contribution in [0.2, 0.25) is 0 Å². The Morgan fingerprint density at radius 2 is 2.00 bits per heavy atom. The molecule has 17 heavy (non-hydrogen) atoms. The van der Waals surface area contributed by atoms with Gasteiger partial charge in [-0.05, 0) is 30.7 Å². The molecule has 4 N–H and O–H groups in total. The molecule has 0 fully saturated rings. The van der Waals surface area contributed by atoms with Gasteiger partial charge in [0.15, 0.2) is 0 Å². The van der Waals surface area contributed by atoms with Gasteiger partial charge in [-0.2, -0.15) is 5.10 Å². The minimum absolute atomic E-state index is 0.0244. The Hall–Kier alpha value is -2.01. The largest absolute Gasteiger partial charge is 0.508 e. The van der Waals surface area contributed by atoms with Crippen LogP contribution in [0, 0.1) is 0 Å². The van der Waals surface area contributed by atoms with Gasteiger partial charge >= 0.3 is 0 Å². The van der Waals surface area contributed by atoms with Gasteiger partial charge in [0.25, 0.3) is 0 Å². The van der Waals surface area contributed by atoms with Crippen molar-refractivity contribution in [2.75, 3.05) is 0 Å². The van der Waals surface area contributed by atoms with Crippen LogP contribution in [0.5, 0.6) is 11.5 Å². The van der Waals surface area contributed by atoms with Gasteiger partial charge in [-0.1, -0.05) is 0 Å². The number of rotatable bonds is 4. The van der Waals surface area contributed by atoms with E-state index in [1.807, 2.05) is 13.0 Å². The molecule has 0 aliphatic rings. The summed E-state index contributed by atoms with van der Waals surface area (Å²) in [6.45, 7) is 2.61. The van der Waals surface area contributed by atoms with Gasteiger partial charge in [0.1, 0.15) is 11.5 Å². The number of nitrogens with zero attached hydrogens (tertiary/aromatic N) is 1. The first-order chi connectivity index (χ1) is 8.15. The third-order valence-electron chi connectivity index (χ3n) is 2.58. The molecule has 0 spiro atoms. The Bertz CT molecular complexity index is 462. The standard InChI is InChI=1S/C12H15N3O2/c1-8(13-7-10-2-3-14-15-10)9-4-11(16)6-12(17)5-9/h2-6,8,13,16-17H,7H2,1H3,(H,14,15). The molecule has 5 heteroatoms. The molecule has 0 radical (unpaired) electrons. The highest BCUT2D eigenvalue weighted by molar-refractivity contribution is 5.37. The summed E-state index contributed by atoms with van der Waals surface area (Å²) in [4.78, 5) is 0. The summed E-state index contributed by atoms with van der Waals surface area (Å²) < 4.78 is 0. The topological polar surface area (TPSA) is 81.2 Å². The molecule has 1 heterocycles. The Kier molecular flexibility index (Phi) is 3.30. The molecule has 1 atom stereocenters. The van der Waals surface area contributed by atoms with Crippen LogP contribution in [0.15, 0.2) is 30.5 Å². The smallest absolute Gasteiger partial charge is 0.119 e. The van der Waals surface area contributed by atoms with Crippen LogP contribution in [0.4, 0.5) is 0 Å². The van der Waals surface area contributed by atoms with Crippen molar-refractivity contribution in [2.45, 2.75) is 19.5 Å². The van der Waals surface area contributed by atoms with Gasteiger partial charge in [0.2, 0.25) is 0 Å². The van der Waals surface area contributed by atoms with E-state index in [-0.39, 0.29) is 17.5 Å². The Balaban J connectivity index is 2.01. The van der Waals surface area contributed by atoms with Crippen LogP contribution in [0.25, 0.3) is 0 Å². The van der Waals surface area contributed by atoms with Gasteiger partial charge in [0.05, 0.1) is 0 Å². The summed E-state index contributed by atoms with van der Waals surface area (Å²) >= 11 is 0. The molecule has 0 bridgehead atoms. The minimum Gasteiger partial charge on any atom is -0.508 e. The summed E-state index contributed by atoms with van der Waals surface area (Å²) in [5.41, 5.74) is 1.82. The van der Waals surface area contributed by atoms with Crippen LogP contribution in [-0.2, 0) is 6.54 Å². The van der Waals surface area contributed by atoms with Crippen molar-refractivity contribution in [3.8, 4) is 11.5 Å². The summed E-state index contributed by atoms with van der Waals surface area (Å²) in [7, 11) is 0. The molecule has 90 valence electrons. The van der Waals surface area contributed by atoms with E-state index in [9.17, 15) is 10.2 Å². The van der Waals surface area contributed by atoms with Crippen molar-refractivity contribution >= 4 is 0 Å². The van der Waals surface area contributed by atoms with Gasteiger partial charge in [0, 0.05) is 30.5 Å². The maximum atomic E-state index is 9.39. The number of phenolic OH excluding ortho intramolecular Hbond substituents is 2. The molecule has 1 unspecified atom stereocenters. The maximum Gasteiger partial charge on any atom is 0.119 e. The van der Waals surface area contributed by atoms with E-state index in [1.165, 1.54) is 6.07 Å². The highest BCUT2D eigenvalue weighted by Gasteiger charge is 2.07. The second-order valence-electron chi connectivity index (χ2n) is 3.97. The fourth-order valence-corrected chi connectivity index (χ4v) is 1.63. The van der Waals surface area contributed by atoms with Crippen molar-refractivity contribution in [3.63, 3.8) is 0 Å². The van der Waals surface area contributed by atoms with Crippen molar-refractivity contribution in [3.05, 3.63) is 41.7 Å². The summed E-state index contributed by atoms with van der Waals surface area (Å²) in [6, 6.07) is 6.48. The van der Waals surface area contributed by atoms with Crippen LogP contribution in [-0.4, -0.2) is 20.4 Å². The predicted octanol–water partition coefficient (Wildman–Crippen LogP) is 1.67. The highest BCUT2D eigenvalue weighted by Crippen LogP contribution is 2.24. The fourth-order valence-electron chi connectivity index (χ4n) is 1.63. The van der Waals surface area contributed by atoms with Crippen molar-refractivity contribution in [1.82, 2.24) is 15.5 Å². The van der Waals surface area contributed by atoms with E-state index in [2.05, 4.69) is 15.5 Å². The molecule has 0 aliphatic carbocycles. The number of hydrogen-bond donors (Lipinski definition) is 4. The normalized spacial score (nSPS) is 12.5. The van der Waals surface area contributed by atoms with E-state index in [0.29, 0.717) is 6.54 Å². The molecule has 5 nitrogen and oxygen atoms in total. The average molecular weight is 233 g/mol. The Morgan fingerprint density at radius 1 is 1.29 bits per heavy atom. The van der Waals surface area contributed by atoms with Crippen LogP contribution in [0.1, 0.15) is 24.2 Å². The van der Waals surface area contributed by atoms with E-state index < -0.39 is 0 Å². The molecular weight excluding hydrogens is 218 g/mol. The lowest BCUT2D eigenvalue weighted by molar-refractivity contribution is 0.446. The molecule has 0 saturated carbocycles. The summed E-state index contributed by atoms with van der Waals surface area (Å²) in [5, 5.41) is 28.8. The predicted molar refractivity (Wildman–Crippen MR) is 63.6 cm³/mol. The summed E-state index contributed by atoms with van der Waals surface area (Å²) in [6.07, 6.45) is 1.70. The number of aromatic amines is 1. The van der Waals surface area contributed by atoms with Crippen LogP contribution < -0.4 is 5.32 Å². The fraction of sp³-hybridized carbons (Fsp3) is 0.250. The molecule has 1 aromatic heterocycles. The third kappa shape index (κ3) is 2.98. The second kappa shape index (κ2) is 4.88. The lowest BCUT2D eigenvalue weighted by atomic mass is 10.1. The zero-order chi connectivity index (χ0) is 12.3. The number of aromatic nitrogens is 2. The Morgan fingerprint density at radius 3 is 2.59 bits per heavy atom. The van der Waals surface area contributed by atoms with Crippen LogP contribution >= 0.6 is 0 Å². The first-order valence-corrected chi connectivity index (χ1v) is 5.39. The zero-order valence-electron chi connectivity index (χ0n) is 9.51. The van der Waals surface area contributed by atoms with Crippen LogP contribution in [0.3, 0.4) is 0 Å². The lowest BCUT2D eigenvalue weighted by Gasteiger charge is -2.14. The molecular formula is C12H15N3O2. The quantitative estimate of drug-likeness (QED) is 0.647. The third-order valence-corrected chi connectivity index (χ3v) is 2.58. The molecule has 0 aliphatic heterocycles. The first kappa shape index (κ1) is 11.5. The van der Waals surface area contributed by atoms with Gasteiger partial charge in [-0.15, -0.1) is 0 Å². The Labute approximate surface area is 99.1 Å². The monoisotopic (exact) mass is 233 g/mol. The molecule has 1 aromatic carbocycles. The minimum atomic E-state index is 0.0244. The second-order valence-corrected chi connectivity index (χ2v) is 3.97. The van der Waals surface area contributed by atoms with Gasteiger partial charge in [-0.25, -0.2) is 0 Å². The SMILES string of the molecule is CC(NCc1ccn[nH]1)c1cc(O)cc(O)c1. The lowest BCUT2D eigenvalue weighted by Crippen LogP contribution is -2.18. The number of aromatic hydroxyl groups is 2. The number of hydrogen-bond acceptors (Lipinski definition) is 4. The van der Waals surface area contributed by atoms with E-state index in [4.69, 9.17) is 0 Å². The van der Waals surface area contributed by atoms with Crippen molar-refractivity contribution in [2.24, 2.45) is 0 Å². The molecule has 2 rings (SSSR count). The number of benzene rings is 1. The molecule has 0 saturated heterocycles. The highest BCUT2D eigenvalue weighted by atomic mass is 16.3. The van der Waals surface area contributed by atoms with Gasteiger partial charge < -0.3 is 15.5 Å². The van der Waals surface area contributed by atoms with E-state index >= 15 is 0 Å². The number of nitrogens with one attached hydrogen (secondary N) is 2. The number of H-pyrrole nitrogens is 1.